The third-order valence-corrected chi connectivity index (χ3v) is 4.12. The van der Waals surface area contributed by atoms with Crippen molar-refractivity contribution in [2.75, 3.05) is 6.54 Å². The van der Waals surface area contributed by atoms with Gasteiger partial charge in [0.2, 0.25) is 0 Å². The number of hydrogen-bond donors (Lipinski definition) is 1. The van der Waals surface area contributed by atoms with E-state index < -0.39 is 5.97 Å². The van der Waals surface area contributed by atoms with Crippen molar-refractivity contribution >= 4 is 5.97 Å². The first kappa shape index (κ1) is 15.5. The molecule has 1 fully saturated rings. The number of nitrogens with zero attached hydrogens (tertiary/aromatic N) is 1. The van der Waals surface area contributed by atoms with Crippen LogP contribution in [0, 0.1) is 0 Å². The van der Waals surface area contributed by atoms with Crippen molar-refractivity contribution < 1.29 is 9.90 Å². The van der Waals surface area contributed by atoms with Gasteiger partial charge in [-0.3, -0.25) is 9.69 Å². The molecule has 0 bridgehead atoms. The number of likely N-dealkylation sites (tertiary alicyclic amines) is 1. The van der Waals surface area contributed by atoms with Crippen molar-refractivity contribution in [3.05, 3.63) is 0 Å². The number of aliphatic carboxylic acids is 1. The molecule has 0 aromatic heterocycles. The molecular formula is C15H29NO2. The van der Waals surface area contributed by atoms with Crippen LogP contribution in [0.15, 0.2) is 0 Å². The molecule has 0 aromatic rings. The zero-order valence-electron chi connectivity index (χ0n) is 12.0. The molecule has 2 unspecified atom stereocenters. The predicted molar refractivity (Wildman–Crippen MR) is 74.8 cm³/mol. The van der Waals surface area contributed by atoms with E-state index in [9.17, 15) is 4.79 Å². The van der Waals surface area contributed by atoms with Crippen molar-refractivity contribution in [1.29, 1.82) is 0 Å². The minimum atomic E-state index is -0.651. The van der Waals surface area contributed by atoms with E-state index in [1.165, 1.54) is 38.5 Å². The molecule has 18 heavy (non-hydrogen) atoms. The van der Waals surface area contributed by atoms with Gasteiger partial charge in [-0.1, -0.05) is 39.0 Å². The Labute approximate surface area is 112 Å². The van der Waals surface area contributed by atoms with Gasteiger partial charge in [0, 0.05) is 12.1 Å². The van der Waals surface area contributed by atoms with Gasteiger partial charge in [0.05, 0.1) is 6.42 Å². The fourth-order valence-electron chi connectivity index (χ4n) is 3.07. The number of carboxylic acids is 1. The van der Waals surface area contributed by atoms with Crippen LogP contribution in [-0.4, -0.2) is 34.6 Å². The molecule has 0 radical (unpaired) electrons. The molecule has 0 aliphatic carbocycles. The summed E-state index contributed by atoms with van der Waals surface area (Å²) in [5.74, 6) is -0.651. The first-order valence-electron chi connectivity index (χ1n) is 7.62. The van der Waals surface area contributed by atoms with Crippen LogP contribution < -0.4 is 0 Å². The highest BCUT2D eigenvalue weighted by atomic mass is 16.4. The normalized spacial score (nSPS) is 22.2. The molecule has 1 aliphatic rings. The second kappa shape index (κ2) is 8.52. The van der Waals surface area contributed by atoms with E-state index >= 15 is 0 Å². The standard InChI is InChI=1S/C15H29NO2/c1-3-4-5-6-7-9-13(2)16-11-8-10-14(16)12-15(17)18/h13-14H,3-12H2,1-2H3,(H,17,18). The minimum absolute atomic E-state index is 0.285. The van der Waals surface area contributed by atoms with Crippen LogP contribution in [0.2, 0.25) is 0 Å². The van der Waals surface area contributed by atoms with Crippen molar-refractivity contribution in [2.24, 2.45) is 0 Å². The van der Waals surface area contributed by atoms with E-state index in [4.69, 9.17) is 5.11 Å². The zero-order valence-corrected chi connectivity index (χ0v) is 12.0. The molecule has 1 aliphatic heterocycles. The van der Waals surface area contributed by atoms with Crippen molar-refractivity contribution in [3.63, 3.8) is 0 Å². The average molecular weight is 255 g/mol. The Morgan fingerprint density at radius 1 is 1.33 bits per heavy atom. The highest BCUT2D eigenvalue weighted by molar-refractivity contribution is 5.67. The van der Waals surface area contributed by atoms with Crippen molar-refractivity contribution in [1.82, 2.24) is 4.90 Å². The molecule has 0 saturated carbocycles. The molecule has 3 heteroatoms. The van der Waals surface area contributed by atoms with Gasteiger partial charge in [0.15, 0.2) is 0 Å². The highest BCUT2D eigenvalue weighted by Gasteiger charge is 2.29. The average Bonchev–Trinajstić information content (AvgIpc) is 2.76. The van der Waals surface area contributed by atoms with Gasteiger partial charge in [-0.05, 0) is 32.7 Å². The van der Waals surface area contributed by atoms with Crippen LogP contribution in [0.5, 0.6) is 0 Å². The van der Waals surface area contributed by atoms with E-state index in [0.29, 0.717) is 12.5 Å². The summed E-state index contributed by atoms with van der Waals surface area (Å²) in [5, 5.41) is 8.92. The van der Waals surface area contributed by atoms with Crippen molar-refractivity contribution in [3.8, 4) is 0 Å². The Bertz CT molecular complexity index is 243. The summed E-state index contributed by atoms with van der Waals surface area (Å²) in [5.41, 5.74) is 0. The van der Waals surface area contributed by atoms with E-state index in [-0.39, 0.29) is 6.04 Å². The van der Waals surface area contributed by atoms with Crippen LogP contribution in [0.1, 0.15) is 71.6 Å². The lowest BCUT2D eigenvalue weighted by molar-refractivity contribution is -0.138. The Balaban J connectivity index is 2.22. The van der Waals surface area contributed by atoms with Crippen LogP contribution in [0.4, 0.5) is 0 Å². The van der Waals surface area contributed by atoms with Gasteiger partial charge in [-0.15, -0.1) is 0 Å². The fourth-order valence-corrected chi connectivity index (χ4v) is 3.07. The van der Waals surface area contributed by atoms with Crippen LogP contribution in [-0.2, 0) is 4.79 Å². The van der Waals surface area contributed by atoms with Gasteiger partial charge < -0.3 is 5.11 Å². The molecule has 0 aromatic carbocycles. The number of carboxylic acid groups (broad SMARTS) is 1. The summed E-state index contributed by atoms with van der Waals surface area (Å²) in [7, 11) is 0. The maximum absolute atomic E-state index is 10.8. The van der Waals surface area contributed by atoms with Crippen LogP contribution in [0.25, 0.3) is 0 Å². The molecule has 3 nitrogen and oxygen atoms in total. The second-order valence-corrected chi connectivity index (χ2v) is 5.68. The lowest BCUT2D eigenvalue weighted by Crippen LogP contribution is -2.38. The third kappa shape index (κ3) is 5.38. The Kier molecular flexibility index (Phi) is 7.33. The minimum Gasteiger partial charge on any atom is -0.481 e. The third-order valence-electron chi connectivity index (χ3n) is 4.12. The molecule has 1 saturated heterocycles. The topological polar surface area (TPSA) is 40.5 Å². The maximum Gasteiger partial charge on any atom is 0.304 e. The number of unbranched alkanes of at least 4 members (excludes halogenated alkanes) is 4. The van der Waals surface area contributed by atoms with Gasteiger partial charge in [0.25, 0.3) is 0 Å². The van der Waals surface area contributed by atoms with Gasteiger partial charge in [-0.2, -0.15) is 0 Å². The van der Waals surface area contributed by atoms with Crippen LogP contribution >= 0.6 is 0 Å². The zero-order chi connectivity index (χ0) is 13.4. The summed E-state index contributed by atoms with van der Waals surface area (Å²) >= 11 is 0. The highest BCUT2D eigenvalue weighted by Crippen LogP contribution is 2.25. The van der Waals surface area contributed by atoms with Crippen LogP contribution in [0.3, 0.4) is 0 Å². The van der Waals surface area contributed by atoms with Gasteiger partial charge >= 0.3 is 5.97 Å². The lowest BCUT2D eigenvalue weighted by Gasteiger charge is -2.30. The molecule has 0 spiro atoms. The molecule has 1 heterocycles. The van der Waals surface area contributed by atoms with Gasteiger partial charge in [0.1, 0.15) is 0 Å². The summed E-state index contributed by atoms with van der Waals surface area (Å²) < 4.78 is 0. The van der Waals surface area contributed by atoms with Crippen molar-refractivity contribution in [2.45, 2.75) is 83.7 Å². The quantitative estimate of drug-likeness (QED) is 0.639. The Hall–Kier alpha value is -0.570. The predicted octanol–water partition coefficient (Wildman–Crippen LogP) is 3.67. The first-order valence-corrected chi connectivity index (χ1v) is 7.62. The van der Waals surface area contributed by atoms with E-state index in [1.54, 1.807) is 0 Å². The summed E-state index contributed by atoms with van der Waals surface area (Å²) in [6.45, 7) is 5.59. The molecule has 1 N–H and O–H groups in total. The van der Waals surface area contributed by atoms with E-state index in [0.717, 1.165) is 19.4 Å². The summed E-state index contributed by atoms with van der Waals surface area (Å²) in [6.07, 6.45) is 10.4. The number of rotatable bonds is 9. The monoisotopic (exact) mass is 255 g/mol. The number of carbonyl (C=O) groups is 1. The SMILES string of the molecule is CCCCCCCC(C)N1CCCC1CC(=O)O. The Morgan fingerprint density at radius 3 is 2.72 bits per heavy atom. The van der Waals surface area contributed by atoms with E-state index in [2.05, 4.69) is 18.7 Å². The molecule has 106 valence electrons. The summed E-state index contributed by atoms with van der Waals surface area (Å²) in [4.78, 5) is 13.3. The largest absolute Gasteiger partial charge is 0.481 e. The first-order chi connectivity index (χ1) is 8.65. The number of hydrogen-bond acceptors (Lipinski definition) is 2. The Morgan fingerprint density at radius 2 is 2.06 bits per heavy atom. The lowest BCUT2D eigenvalue weighted by atomic mass is 10.0. The smallest absolute Gasteiger partial charge is 0.304 e. The van der Waals surface area contributed by atoms with Gasteiger partial charge in [-0.25, -0.2) is 0 Å². The molecule has 2 atom stereocenters. The molecule has 0 amide bonds. The second-order valence-electron chi connectivity index (χ2n) is 5.68. The molecular weight excluding hydrogens is 226 g/mol. The van der Waals surface area contributed by atoms with E-state index in [1.807, 2.05) is 0 Å². The maximum atomic E-state index is 10.8. The summed E-state index contributed by atoms with van der Waals surface area (Å²) in [6, 6.07) is 0.839. The fraction of sp³-hybridized carbons (Fsp3) is 0.933. The molecule has 1 rings (SSSR count).